The fraction of sp³-hybridized carbons (Fsp3) is 0.0250. The zero-order valence-electron chi connectivity index (χ0n) is 25.0. The van der Waals surface area contributed by atoms with E-state index in [1.165, 1.54) is 0 Å². The van der Waals surface area contributed by atoms with Crippen LogP contribution in [-0.4, -0.2) is 24.1 Å². The Kier molecular flexibility index (Phi) is 6.73. The van der Waals surface area contributed by atoms with Crippen LogP contribution in [0.2, 0.25) is 0 Å². The highest BCUT2D eigenvalue weighted by molar-refractivity contribution is 5.82. The molecule has 0 fully saturated rings. The molecule has 0 radical (unpaired) electrons. The van der Waals surface area contributed by atoms with Crippen molar-refractivity contribution in [2.24, 2.45) is 0 Å². The molecule has 0 aliphatic carbocycles. The van der Waals surface area contributed by atoms with Gasteiger partial charge in [0.2, 0.25) is 0 Å². The molecule has 0 aliphatic heterocycles. The molecule has 4 aromatic heterocycles. The van der Waals surface area contributed by atoms with Crippen molar-refractivity contribution in [1.82, 2.24) is 24.1 Å². The second-order valence-electron chi connectivity index (χ2n) is 11.3. The van der Waals surface area contributed by atoms with Crippen LogP contribution in [0.1, 0.15) is 16.7 Å². The van der Waals surface area contributed by atoms with E-state index < -0.39 is 5.54 Å². The Bertz CT molecular complexity index is 2140. The van der Waals surface area contributed by atoms with Gasteiger partial charge in [-0.3, -0.25) is 14.1 Å². The van der Waals surface area contributed by atoms with Gasteiger partial charge >= 0.3 is 0 Å². The molecule has 4 heterocycles. The number of hydrogen-bond donors (Lipinski definition) is 1. The second-order valence-corrected chi connectivity index (χ2v) is 11.3. The van der Waals surface area contributed by atoms with Crippen LogP contribution in [0.25, 0.3) is 39.4 Å². The molecule has 0 amide bonds. The largest absolute Gasteiger partial charge is 0.399 e. The quantitative estimate of drug-likeness (QED) is 0.149. The molecule has 0 bridgehead atoms. The number of pyridine rings is 2. The van der Waals surface area contributed by atoms with Crippen LogP contribution >= 0.6 is 0 Å². The Balaban J connectivity index is 1.43. The molecule has 220 valence electrons. The zero-order chi connectivity index (χ0) is 30.9. The van der Waals surface area contributed by atoms with Gasteiger partial charge in [0.15, 0.2) is 0 Å². The number of nitrogens with two attached hydrogens (primary N) is 1. The van der Waals surface area contributed by atoms with Gasteiger partial charge in [0.05, 0.1) is 17.6 Å². The summed E-state index contributed by atoms with van der Waals surface area (Å²) in [5.41, 5.74) is 15.8. The average Bonchev–Trinajstić information content (AvgIpc) is 3.76. The number of benzene rings is 4. The lowest BCUT2D eigenvalue weighted by atomic mass is 9.77. The van der Waals surface area contributed by atoms with E-state index in [9.17, 15) is 0 Å². The normalized spacial score (nSPS) is 11.6. The summed E-state index contributed by atoms with van der Waals surface area (Å²) in [6.07, 6.45) is 7.98. The van der Waals surface area contributed by atoms with Crippen molar-refractivity contribution >= 4 is 11.3 Å². The number of anilines is 1. The van der Waals surface area contributed by atoms with Gasteiger partial charge in [-0.25, -0.2) is 4.98 Å². The lowest BCUT2D eigenvalue weighted by molar-refractivity contribution is 0.461. The molecule has 0 saturated carbocycles. The Labute approximate surface area is 267 Å². The molecule has 8 aromatic rings. The summed E-state index contributed by atoms with van der Waals surface area (Å²) in [7, 11) is 0. The first-order chi connectivity index (χ1) is 22.7. The fourth-order valence-corrected chi connectivity index (χ4v) is 6.39. The fourth-order valence-electron chi connectivity index (χ4n) is 6.39. The SMILES string of the molecule is Nc1ccc(-c2nn(C(c3ccccc3)(c3ccccc3)c3ccccc3)cc2-c2ccc3ncc(-c4ccccn4)n3c2)cc1. The van der Waals surface area contributed by atoms with Crippen molar-refractivity contribution in [3.8, 4) is 33.8 Å². The predicted octanol–water partition coefficient (Wildman–Crippen LogP) is 8.35. The van der Waals surface area contributed by atoms with Gasteiger partial charge in [0.25, 0.3) is 0 Å². The van der Waals surface area contributed by atoms with Crippen molar-refractivity contribution in [3.05, 3.63) is 187 Å². The maximum absolute atomic E-state index is 6.14. The van der Waals surface area contributed by atoms with Gasteiger partial charge in [-0.05, 0) is 53.1 Å². The van der Waals surface area contributed by atoms with Gasteiger partial charge in [-0.2, -0.15) is 5.10 Å². The van der Waals surface area contributed by atoms with E-state index in [1.54, 1.807) is 6.20 Å². The first-order valence-corrected chi connectivity index (χ1v) is 15.2. The van der Waals surface area contributed by atoms with Crippen LogP contribution in [0.4, 0.5) is 5.69 Å². The Morgan fingerprint density at radius 2 is 1.13 bits per heavy atom. The van der Waals surface area contributed by atoms with E-state index in [-0.39, 0.29) is 0 Å². The van der Waals surface area contributed by atoms with Gasteiger partial charge in [-0.1, -0.05) is 109 Å². The van der Waals surface area contributed by atoms with Gasteiger partial charge in [-0.15, -0.1) is 0 Å². The number of aromatic nitrogens is 5. The molecule has 6 nitrogen and oxygen atoms in total. The van der Waals surface area contributed by atoms with Crippen LogP contribution in [-0.2, 0) is 5.54 Å². The summed E-state index contributed by atoms with van der Waals surface area (Å²) in [6.45, 7) is 0. The number of fused-ring (bicyclic) bond motifs is 1. The van der Waals surface area contributed by atoms with Crippen LogP contribution < -0.4 is 5.73 Å². The summed E-state index contributed by atoms with van der Waals surface area (Å²) in [4.78, 5) is 9.27. The first-order valence-electron chi connectivity index (χ1n) is 15.2. The topological polar surface area (TPSA) is 74.0 Å². The molecule has 0 aliphatic rings. The molecular formula is C40H30N6. The lowest BCUT2D eigenvalue weighted by Crippen LogP contribution is -2.38. The third-order valence-electron chi connectivity index (χ3n) is 8.56. The number of imidazole rings is 1. The van der Waals surface area contributed by atoms with E-state index in [0.717, 1.165) is 56.1 Å². The maximum Gasteiger partial charge on any atom is 0.138 e. The summed E-state index contributed by atoms with van der Waals surface area (Å²) in [5, 5.41) is 5.48. The molecule has 0 saturated heterocycles. The summed E-state index contributed by atoms with van der Waals surface area (Å²) >= 11 is 0. The molecular weight excluding hydrogens is 564 g/mol. The molecule has 0 atom stereocenters. The smallest absolute Gasteiger partial charge is 0.138 e. The van der Waals surface area contributed by atoms with Crippen LogP contribution in [0.5, 0.6) is 0 Å². The van der Waals surface area contributed by atoms with E-state index in [4.69, 9.17) is 10.8 Å². The van der Waals surface area contributed by atoms with Crippen LogP contribution in [0, 0.1) is 0 Å². The van der Waals surface area contributed by atoms with Crippen molar-refractivity contribution in [1.29, 1.82) is 0 Å². The molecule has 2 N–H and O–H groups in total. The predicted molar refractivity (Wildman–Crippen MR) is 184 cm³/mol. The molecule has 4 aromatic carbocycles. The van der Waals surface area contributed by atoms with Gasteiger partial charge in [0.1, 0.15) is 16.9 Å². The van der Waals surface area contributed by atoms with E-state index in [0.29, 0.717) is 5.69 Å². The zero-order valence-corrected chi connectivity index (χ0v) is 25.0. The monoisotopic (exact) mass is 594 g/mol. The Morgan fingerprint density at radius 3 is 1.72 bits per heavy atom. The summed E-state index contributed by atoms with van der Waals surface area (Å²) < 4.78 is 4.23. The van der Waals surface area contributed by atoms with Crippen LogP contribution in [0.15, 0.2) is 170 Å². The highest BCUT2D eigenvalue weighted by Crippen LogP contribution is 2.43. The molecule has 46 heavy (non-hydrogen) atoms. The number of nitrogens with zero attached hydrogens (tertiary/aromatic N) is 5. The highest BCUT2D eigenvalue weighted by atomic mass is 15.3. The summed E-state index contributed by atoms with van der Waals surface area (Å²) in [6, 6.07) is 49.8. The minimum absolute atomic E-state index is 0.705. The minimum atomic E-state index is -0.761. The van der Waals surface area contributed by atoms with Crippen molar-refractivity contribution in [3.63, 3.8) is 0 Å². The Hall–Kier alpha value is -6.27. The average molecular weight is 595 g/mol. The van der Waals surface area contributed by atoms with Crippen LogP contribution in [0.3, 0.4) is 0 Å². The number of nitrogen functional groups attached to an aromatic ring is 1. The summed E-state index contributed by atoms with van der Waals surface area (Å²) in [5.74, 6) is 0. The minimum Gasteiger partial charge on any atom is -0.399 e. The second kappa shape index (κ2) is 11.3. The van der Waals surface area contributed by atoms with Crippen molar-refractivity contribution in [2.45, 2.75) is 5.54 Å². The van der Waals surface area contributed by atoms with Gasteiger partial charge in [0, 0.05) is 41.0 Å². The Morgan fingerprint density at radius 1 is 0.543 bits per heavy atom. The number of hydrogen-bond acceptors (Lipinski definition) is 4. The first kappa shape index (κ1) is 27.3. The lowest BCUT2D eigenvalue weighted by Gasteiger charge is -2.36. The number of rotatable bonds is 7. The third-order valence-corrected chi connectivity index (χ3v) is 8.56. The van der Waals surface area contributed by atoms with E-state index in [2.05, 4.69) is 129 Å². The molecule has 0 unspecified atom stereocenters. The highest BCUT2D eigenvalue weighted by Gasteiger charge is 2.40. The standard InChI is InChI=1S/C40H30N6/c41-34-22-19-29(20-23-34)39-35(30-21-24-38-43-26-37(45(38)27-30)36-18-10-11-25-42-36)28-46(44-39)40(31-12-4-1-5-13-31,32-14-6-2-7-15-32)33-16-8-3-9-17-33/h1-28H,41H2. The molecule has 8 rings (SSSR count). The maximum atomic E-state index is 6.14. The van der Waals surface area contributed by atoms with E-state index in [1.807, 2.05) is 54.7 Å². The van der Waals surface area contributed by atoms with Crippen molar-refractivity contribution < 1.29 is 0 Å². The molecule has 0 spiro atoms. The van der Waals surface area contributed by atoms with E-state index >= 15 is 0 Å². The molecule has 6 heteroatoms. The third kappa shape index (κ3) is 4.55. The van der Waals surface area contributed by atoms with Crippen molar-refractivity contribution in [2.75, 3.05) is 5.73 Å². The van der Waals surface area contributed by atoms with Gasteiger partial charge < -0.3 is 5.73 Å².